The topological polar surface area (TPSA) is 37.8 Å². The predicted molar refractivity (Wildman–Crippen MR) is 59.5 cm³/mol. The molecule has 0 saturated carbocycles. The Hall–Kier alpha value is -0.830. The van der Waals surface area contributed by atoms with Crippen molar-refractivity contribution in [3.05, 3.63) is 17.4 Å². The van der Waals surface area contributed by atoms with Crippen molar-refractivity contribution >= 4 is 17.5 Å². The molecule has 0 aliphatic carbocycles. The molecule has 0 bridgehead atoms. The van der Waals surface area contributed by atoms with Gasteiger partial charge in [-0.25, -0.2) is 9.97 Å². The third-order valence-electron chi connectivity index (χ3n) is 2.34. The molecule has 1 aromatic heterocycles. The van der Waals surface area contributed by atoms with E-state index in [1.165, 1.54) is 0 Å². The van der Waals surface area contributed by atoms with E-state index in [1.807, 2.05) is 0 Å². The van der Waals surface area contributed by atoms with E-state index >= 15 is 0 Å². The lowest BCUT2D eigenvalue weighted by atomic mass is 9.98. The van der Waals surface area contributed by atoms with Crippen LogP contribution in [-0.4, -0.2) is 16.5 Å². The second kappa shape index (κ2) is 5.15. The first-order chi connectivity index (χ1) is 6.59. The molecule has 0 amide bonds. The number of nitrogens with zero attached hydrogens (tertiary/aromatic N) is 2. The average Bonchev–Trinajstić information content (AvgIpc) is 2.16. The Morgan fingerprint density at radius 2 is 1.86 bits per heavy atom. The zero-order valence-electron chi connectivity index (χ0n) is 8.79. The van der Waals surface area contributed by atoms with Gasteiger partial charge in [0.2, 0.25) is 5.95 Å². The van der Waals surface area contributed by atoms with Crippen molar-refractivity contribution in [2.45, 2.75) is 20.8 Å². The molecule has 1 heterocycles. The fraction of sp³-hybridized carbons (Fsp3) is 0.600. The normalized spacial score (nSPS) is 12.9. The summed E-state index contributed by atoms with van der Waals surface area (Å²) in [5.41, 5.74) is 0. The fourth-order valence-corrected chi connectivity index (χ4v) is 0.989. The Bertz CT molecular complexity index is 271. The van der Waals surface area contributed by atoms with Crippen molar-refractivity contribution < 1.29 is 0 Å². The summed E-state index contributed by atoms with van der Waals surface area (Å²) in [4.78, 5) is 8.11. The Balaban J connectivity index is 2.42. The van der Waals surface area contributed by atoms with Crippen LogP contribution in [0.15, 0.2) is 12.4 Å². The van der Waals surface area contributed by atoms with Crippen molar-refractivity contribution in [3.8, 4) is 0 Å². The van der Waals surface area contributed by atoms with Gasteiger partial charge in [0.05, 0.1) is 17.4 Å². The molecule has 3 nitrogen and oxygen atoms in total. The molecule has 0 radical (unpaired) electrons. The van der Waals surface area contributed by atoms with Crippen LogP contribution in [-0.2, 0) is 0 Å². The van der Waals surface area contributed by atoms with E-state index in [-0.39, 0.29) is 0 Å². The largest absolute Gasteiger partial charge is 0.354 e. The van der Waals surface area contributed by atoms with Gasteiger partial charge in [0.25, 0.3) is 0 Å². The Labute approximate surface area is 89.9 Å². The maximum absolute atomic E-state index is 5.67. The highest BCUT2D eigenvalue weighted by molar-refractivity contribution is 6.30. The van der Waals surface area contributed by atoms with Gasteiger partial charge in [0.1, 0.15) is 0 Å². The number of rotatable bonds is 4. The first-order valence-electron chi connectivity index (χ1n) is 4.81. The van der Waals surface area contributed by atoms with Crippen LogP contribution in [0.2, 0.25) is 5.02 Å². The molecular formula is C10H16ClN3. The van der Waals surface area contributed by atoms with Gasteiger partial charge in [-0.15, -0.1) is 0 Å². The van der Waals surface area contributed by atoms with E-state index in [0.717, 1.165) is 6.54 Å². The van der Waals surface area contributed by atoms with Crippen molar-refractivity contribution in [1.29, 1.82) is 0 Å². The highest BCUT2D eigenvalue weighted by Gasteiger charge is 2.06. The number of halogens is 1. The standard InChI is InChI=1S/C10H16ClN3/c1-7(2)8(3)4-12-10-13-5-9(11)6-14-10/h5-8H,4H2,1-3H3,(H,12,13,14). The molecule has 0 spiro atoms. The fourth-order valence-electron chi connectivity index (χ4n) is 0.892. The van der Waals surface area contributed by atoms with Crippen LogP contribution in [0.4, 0.5) is 5.95 Å². The average molecular weight is 214 g/mol. The Morgan fingerprint density at radius 3 is 2.36 bits per heavy atom. The minimum Gasteiger partial charge on any atom is -0.354 e. The first kappa shape index (κ1) is 11.2. The molecule has 1 aromatic rings. The molecule has 78 valence electrons. The van der Waals surface area contributed by atoms with Gasteiger partial charge in [-0.3, -0.25) is 0 Å². The summed E-state index contributed by atoms with van der Waals surface area (Å²) in [5, 5.41) is 3.73. The SMILES string of the molecule is CC(C)C(C)CNc1ncc(Cl)cn1. The zero-order chi connectivity index (χ0) is 10.6. The van der Waals surface area contributed by atoms with Crippen molar-refractivity contribution in [1.82, 2.24) is 9.97 Å². The van der Waals surface area contributed by atoms with Crippen LogP contribution in [0.1, 0.15) is 20.8 Å². The summed E-state index contributed by atoms with van der Waals surface area (Å²) in [6, 6.07) is 0. The highest BCUT2D eigenvalue weighted by atomic mass is 35.5. The van der Waals surface area contributed by atoms with Crippen LogP contribution < -0.4 is 5.32 Å². The van der Waals surface area contributed by atoms with Crippen molar-refractivity contribution in [2.75, 3.05) is 11.9 Å². The van der Waals surface area contributed by atoms with Gasteiger partial charge in [-0.2, -0.15) is 0 Å². The zero-order valence-corrected chi connectivity index (χ0v) is 9.54. The second-order valence-electron chi connectivity index (χ2n) is 3.83. The molecule has 4 heteroatoms. The molecule has 1 N–H and O–H groups in total. The summed E-state index contributed by atoms with van der Waals surface area (Å²) >= 11 is 5.67. The summed E-state index contributed by atoms with van der Waals surface area (Å²) in [6.07, 6.45) is 3.19. The second-order valence-corrected chi connectivity index (χ2v) is 4.26. The van der Waals surface area contributed by atoms with Gasteiger partial charge in [-0.1, -0.05) is 32.4 Å². The van der Waals surface area contributed by atoms with E-state index in [4.69, 9.17) is 11.6 Å². The van der Waals surface area contributed by atoms with Gasteiger partial charge in [0.15, 0.2) is 0 Å². The van der Waals surface area contributed by atoms with E-state index < -0.39 is 0 Å². The van der Waals surface area contributed by atoms with Gasteiger partial charge in [0, 0.05) is 6.54 Å². The van der Waals surface area contributed by atoms with E-state index in [0.29, 0.717) is 22.8 Å². The van der Waals surface area contributed by atoms with Crippen molar-refractivity contribution in [3.63, 3.8) is 0 Å². The molecule has 0 saturated heterocycles. The lowest BCUT2D eigenvalue weighted by Crippen LogP contribution is -2.17. The lowest BCUT2D eigenvalue weighted by Gasteiger charge is -2.15. The van der Waals surface area contributed by atoms with Crippen LogP contribution in [0.3, 0.4) is 0 Å². The van der Waals surface area contributed by atoms with E-state index in [1.54, 1.807) is 12.4 Å². The van der Waals surface area contributed by atoms with Crippen LogP contribution in [0, 0.1) is 11.8 Å². The van der Waals surface area contributed by atoms with E-state index in [2.05, 4.69) is 36.1 Å². The maximum Gasteiger partial charge on any atom is 0.222 e. The van der Waals surface area contributed by atoms with Crippen LogP contribution in [0.25, 0.3) is 0 Å². The molecule has 1 unspecified atom stereocenters. The van der Waals surface area contributed by atoms with Crippen LogP contribution in [0.5, 0.6) is 0 Å². The molecule has 1 atom stereocenters. The monoisotopic (exact) mass is 213 g/mol. The van der Waals surface area contributed by atoms with Gasteiger partial charge >= 0.3 is 0 Å². The summed E-state index contributed by atoms with van der Waals surface area (Å²) in [7, 11) is 0. The first-order valence-corrected chi connectivity index (χ1v) is 5.19. The molecule has 1 rings (SSSR count). The minimum absolute atomic E-state index is 0.562. The number of hydrogen-bond acceptors (Lipinski definition) is 3. The Morgan fingerprint density at radius 1 is 1.29 bits per heavy atom. The molecule has 0 fully saturated rings. The summed E-state index contributed by atoms with van der Waals surface area (Å²) < 4.78 is 0. The Kier molecular flexibility index (Phi) is 4.14. The number of nitrogens with one attached hydrogen (secondary N) is 1. The minimum atomic E-state index is 0.562. The van der Waals surface area contributed by atoms with E-state index in [9.17, 15) is 0 Å². The number of anilines is 1. The molecular weight excluding hydrogens is 198 g/mol. The summed E-state index contributed by atoms with van der Waals surface area (Å²) in [5.74, 6) is 1.91. The van der Waals surface area contributed by atoms with Crippen molar-refractivity contribution in [2.24, 2.45) is 11.8 Å². The third-order valence-corrected chi connectivity index (χ3v) is 2.54. The molecule has 14 heavy (non-hydrogen) atoms. The highest BCUT2D eigenvalue weighted by Crippen LogP contribution is 2.10. The van der Waals surface area contributed by atoms with Gasteiger partial charge in [-0.05, 0) is 11.8 Å². The molecule has 0 aliphatic heterocycles. The van der Waals surface area contributed by atoms with Gasteiger partial charge < -0.3 is 5.32 Å². The lowest BCUT2D eigenvalue weighted by molar-refractivity contribution is 0.439. The predicted octanol–water partition coefficient (Wildman–Crippen LogP) is 2.83. The smallest absolute Gasteiger partial charge is 0.222 e. The number of aromatic nitrogens is 2. The quantitative estimate of drug-likeness (QED) is 0.836. The summed E-state index contributed by atoms with van der Waals surface area (Å²) in [6.45, 7) is 7.50. The molecule has 0 aromatic carbocycles. The third kappa shape index (κ3) is 3.50. The molecule has 0 aliphatic rings. The maximum atomic E-state index is 5.67. The van der Waals surface area contributed by atoms with Crippen LogP contribution >= 0.6 is 11.6 Å². The number of hydrogen-bond donors (Lipinski definition) is 1.